The average Bonchev–Trinajstić information content (AvgIpc) is 3.07. The van der Waals surface area contributed by atoms with E-state index in [1.807, 2.05) is 30.3 Å². The number of carbonyl (C=O) groups is 2. The Bertz CT molecular complexity index is 1530. The maximum Gasteiger partial charge on any atom is 0.412 e. The highest BCUT2D eigenvalue weighted by Crippen LogP contribution is 2.45. The van der Waals surface area contributed by atoms with Gasteiger partial charge in [-0.15, -0.1) is 11.8 Å². The van der Waals surface area contributed by atoms with Gasteiger partial charge in [0.2, 0.25) is 11.2 Å². The van der Waals surface area contributed by atoms with Crippen molar-refractivity contribution in [2.45, 2.75) is 35.8 Å². The summed E-state index contributed by atoms with van der Waals surface area (Å²) in [5.41, 5.74) is 0.969. The monoisotopic (exact) mass is 578 g/mol. The molecule has 0 saturated carbocycles. The molecule has 39 heavy (non-hydrogen) atoms. The second-order valence-corrected chi connectivity index (χ2v) is 10.4. The van der Waals surface area contributed by atoms with Crippen LogP contribution in [0.15, 0.2) is 64.4 Å². The number of thioether (sulfide) groups is 1. The number of nitrogens with zero attached hydrogens (tertiary/aromatic N) is 3. The molecule has 0 spiro atoms. The van der Waals surface area contributed by atoms with Crippen LogP contribution in [0.3, 0.4) is 0 Å². The first kappa shape index (κ1) is 26.9. The predicted octanol–water partition coefficient (Wildman–Crippen LogP) is 4.92. The Morgan fingerprint density at radius 3 is 2.56 bits per heavy atom. The number of hydrogen-bond acceptors (Lipinski definition) is 6. The van der Waals surface area contributed by atoms with Gasteiger partial charge in [0.05, 0.1) is 6.04 Å². The highest BCUT2D eigenvalue weighted by atomic mass is 35.5. The number of fused-ring (bicyclic) bond motifs is 3. The number of nitrogens with one attached hydrogen (secondary N) is 1. The van der Waals surface area contributed by atoms with Crippen LogP contribution in [0.2, 0.25) is 5.02 Å². The Morgan fingerprint density at radius 1 is 1.13 bits per heavy atom. The lowest BCUT2D eigenvalue weighted by Gasteiger charge is -2.46. The number of halogens is 4. The molecule has 8 nitrogen and oxygen atoms in total. The molecule has 204 valence electrons. The van der Waals surface area contributed by atoms with Gasteiger partial charge < -0.3 is 15.0 Å². The van der Waals surface area contributed by atoms with E-state index in [4.69, 9.17) is 16.3 Å². The Morgan fingerprint density at radius 2 is 1.85 bits per heavy atom. The number of amides is 2. The van der Waals surface area contributed by atoms with E-state index in [-0.39, 0.29) is 0 Å². The summed E-state index contributed by atoms with van der Waals surface area (Å²) in [5.74, 6) is -1.26. The highest BCUT2D eigenvalue weighted by Gasteiger charge is 2.48. The van der Waals surface area contributed by atoms with E-state index in [1.54, 1.807) is 17.1 Å². The summed E-state index contributed by atoms with van der Waals surface area (Å²) < 4.78 is 48.4. The van der Waals surface area contributed by atoms with Crippen molar-refractivity contribution in [1.82, 2.24) is 14.9 Å². The quantitative estimate of drug-likeness (QED) is 0.475. The van der Waals surface area contributed by atoms with Gasteiger partial charge in [-0.25, -0.2) is 4.79 Å². The molecule has 2 aliphatic heterocycles. The molecule has 2 atom stereocenters. The standard InChI is InChI=1S/C26H22ClF3N4O4S/c1-14(26(28,29)30)32-13-34(33-11-10-19(35)23(22(33)24(32)36)38-25(37)31-2)21-15-7-5-8-18(27)17(15)12-39-20-9-4-3-6-16(20)21/h3-11,14,21H,12-13H2,1-2H3,(H,31,37)/t14-,21+/m1/s1. The zero-order valence-electron chi connectivity index (χ0n) is 20.7. The van der Waals surface area contributed by atoms with Crippen LogP contribution in [0.4, 0.5) is 18.0 Å². The lowest BCUT2D eigenvalue weighted by Crippen LogP contribution is -2.60. The van der Waals surface area contributed by atoms with Gasteiger partial charge in [0.1, 0.15) is 12.7 Å². The first-order chi connectivity index (χ1) is 18.5. The Kier molecular flexibility index (Phi) is 7.02. The molecule has 3 aromatic rings. The van der Waals surface area contributed by atoms with Crippen molar-refractivity contribution in [3.05, 3.63) is 92.4 Å². The third kappa shape index (κ3) is 4.71. The van der Waals surface area contributed by atoms with Crippen LogP contribution in [-0.2, 0) is 5.75 Å². The van der Waals surface area contributed by atoms with Gasteiger partial charge in [-0.05, 0) is 35.7 Å². The number of rotatable bonds is 3. The lowest BCUT2D eigenvalue weighted by molar-refractivity contribution is -0.173. The second-order valence-electron chi connectivity index (χ2n) is 8.95. The van der Waals surface area contributed by atoms with Gasteiger partial charge in [-0.3, -0.25) is 19.3 Å². The third-order valence-corrected chi connectivity index (χ3v) is 8.22. The molecule has 0 fully saturated rings. The number of aromatic nitrogens is 1. The molecule has 1 aromatic heterocycles. The smallest absolute Gasteiger partial charge is 0.404 e. The molecule has 2 amide bonds. The van der Waals surface area contributed by atoms with Crippen molar-refractivity contribution >= 4 is 35.4 Å². The maximum absolute atomic E-state index is 14.0. The SMILES string of the molecule is CNC(=O)Oc1c2n(ccc1=O)N([C@@H]1c3ccccc3SCc3c(Cl)cccc31)CN([C@H](C)C(F)(F)F)C2=O. The Hall–Kier alpha value is -3.64. The molecule has 0 saturated heterocycles. The second kappa shape index (κ2) is 10.2. The number of benzene rings is 2. The minimum atomic E-state index is -4.77. The van der Waals surface area contributed by atoms with Gasteiger partial charge in [0.15, 0.2) is 5.69 Å². The summed E-state index contributed by atoms with van der Waals surface area (Å²) in [6.45, 7) is 0.387. The van der Waals surface area contributed by atoms with E-state index >= 15 is 0 Å². The van der Waals surface area contributed by atoms with Crippen molar-refractivity contribution in [2.75, 3.05) is 18.7 Å². The van der Waals surface area contributed by atoms with E-state index in [9.17, 15) is 27.6 Å². The molecule has 5 rings (SSSR count). The third-order valence-electron chi connectivity index (χ3n) is 6.75. The normalized spacial score (nSPS) is 17.5. The van der Waals surface area contributed by atoms with Gasteiger partial charge >= 0.3 is 12.3 Å². The molecular formula is C26H22ClF3N4O4S. The van der Waals surface area contributed by atoms with Gasteiger partial charge in [0.25, 0.3) is 5.91 Å². The molecule has 1 N–H and O–H groups in total. The molecule has 0 aliphatic carbocycles. The fraction of sp³-hybridized carbons (Fsp3) is 0.269. The van der Waals surface area contributed by atoms with E-state index in [2.05, 4.69) is 5.32 Å². The Balaban J connectivity index is 1.80. The van der Waals surface area contributed by atoms with E-state index in [0.29, 0.717) is 15.7 Å². The number of alkyl halides is 3. The first-order valence-electron chi connectivity index (χ1n) is 11.8. The summed E-state index contributed by atoms with van der Waals surface area (Å²) >= 11 is 8.12. The zero-order valence-corrected chi connectivity index (χ0v) is 22.2. The van der Waals surface area contributed by atoms with Crippen molar-refractivity contribution in [2.24, 2.45) is 0 Å². The summed E-state index contributed by atoms with van der Waals surface area (Å²) in [6.07, 6.45) is -4.51. The van der Waals surface area contributed by atoms with Crippen molar-refractivity contribution < 1.29 is 27.5 Å². The number of carbonyl (C=O) groups excluding carboxylic acids is 2. The van der Waals surface area contributed by atoms with Crippen LogP contribution >= 0.6 is 23.4 Å². The van der Waals surface area contributed by atoms with Gasteiger partial charge in [-0.2, -0.15) is 13.2 Å². The molecule has 13 heteroatoms. The van der Waals surface area contributed by atoms with E-state index in [0.717, 1.165) is 34.6 Å². The number of ether oxygens (including phenoxy) is 1. The molecule has 0 radical (unpaired) electrons. The number of hydrogen-bond donors (Lipinski definition) is 1. The van der Waals surface area contributed by atoms with Crippen LogP contribution in [0.25, 0.3) is 0 Å². The minimum absolute atomic E-state index is 0.482. The molecule has 2 aliphatic rings. The van der Waals surface area contributed by atoms with Crippen LogP contribution in [0.1, 0.15) is 40.1 Å². The van der Waals surface area contributed by atoms with Crippen LogP contribution in [0.5, 0.6) is 5.75 Å². The van der Waals surface area contributed by atoms with Crippen molar-refractivity contribution in [3.63, 3.8) is 0 Å². The van der Waals surface area contributed by atoms with Crippen LogP contribution in [-0.4, -0.2) is 47.5 Å². The average molecular weight is 579 g/mol. The summed E-state index contributed by atoms with van der Waals surface area (Å²) in [7, 11) is 1.25. The first-order valence-corrected chi connectivity index (χ1v) is 13.2. The maximum atomic E-state index is 14.0. The number of pyridine rings is 1. The summed E-state index contributed by atoms with van der Waals surface area (Å²) in [6, 6.07) is 11.0. The molecular weight excluding hydrogens is 557 g/mol. The topological polar surface area (TPSA) is 83.9 Å². The molecule has 2 aromatic carbocycles. The molecule has 3 heterocycles. The summed E-state index contributed by atoms with van der Waals surface area (Å²) in [5, 5.41) is 4.24. The van der Waals surface area contributed by atoms with Gasteiger partial charge in [0, 0.05) is 35.0 Å². The van der Waals surface area contributed by atoms with E-state index in [1.165, 1.54) is 29.7 Å². The lowest BCUT2D eigenvalue weighted by atomic mass is 9.94. The molecule has 0 unspecified atom stereocenters. The fourth-order valence-electron chi connectivity index (χ4n) is 4.73. The van der Waals surface area contributed by atoms with E-state index < -0.39 is 53.8 Å². The highest BCUT2D eigenvalue weighted by molar-refractivity contribution is 7.98. The van der Waals surface area contributed by atoms with Crippen LogP contribution in [0, 0.1) is 0 Å². The molecule has 0 bridgehead atoms. The van der Waals surface area contributed by atoms with Crippen molar-refractivity contribution in [3.8, 4) is 5.75 Å². The fourth-order valence-corrected chi connectivity index (χ4v) is 6.20. The van der Waals surface area contributed by atoms with Crippen molar-refractivity contribution in [1.29, 1.82) is 0 Å². The largest absolute Gasteiger partial charge is 0.412 e. The van der Waals surface area contributed by atoms with Crippen LogP contribution < -0.4 is 20.5 Å². The minimum Gasteiger partial charge on any atom is -0.404 e. The predicted molar refractivity (Wildman–Crippen MR) is 140 cm³/mol. The van der Waals surface area contributed by atoms with Gasteiger partial charge in [-0.1, -0.05) is 41.9 Å². The zero-order chi connectivity index (χ0) is 28.1. The Labute approximate surface area is 230 Å². The summed E-state index contributed by atoms with van der Waals surface area (Å²) in [4.78, 5) is 40.0.